The molecule has 1 saturated heterocycles. The van der Waals surface area contributed by atoms with Crippen molar-refractivity contribution in [2.24, 2.45) is 0 Å². The van der Waals surface area contributed by atoms with Crippen molar-refractivity contribution < 1.29 is 14.7 Å². The number of carbonyl (C=O) groups is 2. The summed E-state index contributed by atoms with van der Waals surface area (Å²) >= 11 is 11.9. The van der Waals surface area contributed by atoms with Crippen LogP contribution in [-0.2, 0) is 9.59 Å². The van der Waals surface area contributed by atoms with Gasteiger partial charge in [0.2, 0.25) is 5.91 Å². The number of hydrogen-bond acceptors (Lipinski definition) is 3. The molecule has 23 heavy (non-hydrogen) atoms. The molecular formula is C16H20Cl2N2O3. The number of nitrogens with one attached hydrogen (secondary N) is 1. The van der Waals surface area contributed by atoms with E-state index in [2.05, 4.69) is 5.32 Å². The van der Waals surface area contributed by atoms with Crippen LogP contribution >= 0.6 is 23.2 Å². The molecule has 0 bridgehead atoms. The van der Waals surface area contributed by atoms with Gasteiger partial charge in [0.15, 0.2) is 0 Å². The minimum absolute atomic E-state index is 0.0859. The minimum Gasteiger partial charge on any atom is -0.480 e. The highest BCUT2D eigenvalue weighted by Gasteiger charge is 2.29. The maximum absolute atomic E-state index is 12.2. The van der Waals surface area contributed by atoms with Gasteiger partial charge in [-0.2, -0.15) is 0 Å². The Morgan fingerprint density at radius 2 is 2.09 bits per heavy atom. The summed E-state index contributed by atoms with van der Waals surface area (Å²) < 4.78 is 0. The van der Waals surface area contributed by atoms with E-state index in [-0.39, 0.29) is 18.5 Å². The predicted molar refractivity (Wildman–Crippen MR) is 89.9 cm³/mol. The predicted octanol–water partition coefficient (Wildman–Crippen LogP) is 3.11. The molecule has 2 unspecified atom stereocenters. The maximum Gasteiger partial charge on any atom is 0.320 e. The first kappa shape index (κ1) is 18.0. The molecule has 0 aromatic heterocycles. The third-order valence-electron chi connectivity index (χ3n) is 4.07. The van der Waals surface area contributed by atoms with E-state index >= 15 is 0 Å². The van der Waals surface area contributed by atoms with Crippen LogP contribution in [0.25, 0.3) is 0 Å². The van der Waals surface area contributed by atoms with Gasteiger partial charge in [0.1, 0.15) is 6.04 Å². The van der Waals surface area contributed by atoms with Gasteiger partial charge in [-0.1, -0.05) is 35.7 Å². The molecule has 2 N–H and O–H groups in total. The Balaban J connectivity index is 1.95. The molecule has 1 heterocycles. The number of amides is 1. The Morgan fingerprint density at radius 3 is 2.74 bits per heavy atom. The number of carbonyl (C=O) groups excluding carboxylic acids is 1. The lowest BCUT2D eigenvalue weighted by molar-refractivity contribution is -0.145. The summed E-state index contributed by atoms with van der Waals surface area (Å²) in [6, 6.07) is 4.41. The van der Waals surface area contributed by atoms with Gasteiger partial charge in [0, 0.05) is 0 Å². The van der Waals surface area contributed by atoms with E-state index in [0.717, 1.165) is 18.4 Å². The topological polar surface area (TPSA) is 69.6 Å². The third-order valence-corrected chi connectivity index (χ3v) is 4.81. The van der Waals surface area contributed by atoms with Gasteiger partial charge in [0.05, 0.1) is 22.6 Å². The molecule has 126 valence electrons. The molecule has 1 aromatic carbocycles. The van der Waals surface area contributed by atoms with E-state index in [1.54, 1.807) is 23.1 Å². The summed E-state index contributed by atoms with van der Waals surface area (Å²) in [5, 5.41) is 13.0. The summed E-state index contributed by atoms with van der Waals surface area (Å²) in [5.41, 5.74) is 0.848. The number of hydrogen-bond donors (Lipinski definition) is 2. The fourth-order valence-corrected chi connectivity index (χ4v) is 3.10. The largest absolute Gasteiger partial charge is 0.480 e. The second kappa shape index (κ2) is 7.99. The smallest absolute Gasteiger partial charge is 0.320 e. The fourth-order valence-electron chi connectivity index (χ4n) is 2.80. The first-order valence-electron chi connectivity index (χ1n) is 7.59. The zero-order valence-electron chi connectivity index (χ0n) is 12.9. The van der Waals surface area contributed by atoms with Crippen molar-refractivity contribution in [2.75, 3.05) is 13.1 Å². The van der Waals surface area contributed by atoms with E-state index in [9.17, 15) is 14.7 Å². The van der Waals surface area contributed by atoms with Gasteiger partial charge in [0.25, 0.3) is 0 Å². The molecule has 0 aliphatic carbocycles. The summed E-state index contributed by atoms with van der Waals surface area (Å²) in [7, 11) is 0. The molecule has 0 spiro atoms. The van der Waals surface area contributed by atoms with Crippen molar-refractivity contribution in [3.05, 3.63) is 33.8 Å². The van der Waals surface area contributed by atoms with Crippen molar-refractivity contribution in [3.8, 4) is 0 Å². The molecule has 2 rings (SSSR count). The molecule has 1 aromatic rings. The summed E-state index contributed by atoms with van der Waals surface area (Å²) in [5.74, 6) is -1.06. The lowest BCUT2D eigenvalue weighted by Crippen LogP contribution is -2.49. The van der Waals surface area contributed by atoms with Crippen LogP contribution < -0.4 is 5.32 Å². The number of halogens is 2. The van der Waals surface area contributed by atoms with Crippen molar-refractivity contribution in [3.63, 3.8) is 0 Å². The molecule has 1 aliphatic rings. The molecule has 2 atom stereocenters. The second-order valence-electron chi connectivity index (χ2n) is 5.78. The number of likely N-dealkylation sites (tertiary alicyclic amines) is 1. The van der Waals surface area contributed by atoms with Gasteiger partial charge in [-0.25, -0.2) is 0 Å². The van der Waals surface area contributed by atoms with Gasteiger partial charge in [-0.05, 0) is 44.0 Å². The lowest BCUT2D eigenvalue weighted by atomic mass is 10.0. The number of nitrogens with zero attached hydrogens (tertiary/aromatic N) is 1. The highest BCUT2D eigenvalue weighted by atomic mass is 35.5. The molecule has 1 aliphatic heterocycles. The van der Waals surface area contributed by atoms with Gasteiger partial charge >= 0.3 is 5.97 Å². The van der Waals surface area contributed by atoms with Crippen LogP contribution in [0.3, 0.4) is 0 Å². The van der Waals surface area contributed by atoms with Crippen LogP contribution in [0, 0.1) is 0 Å². The summed E-state index contributed by atoms with van der Waals surface area (Å²) in [6.45, 7) is 2.57. The number of benzene rings is 1. The molecule has 1 amide bonds. The fraction of sp³-hybridized carbons (Fsp3) is 0.500. The number of piperidine rings is 1. The highest BCUT2D eigenvalue weighted by molar-refractivity contribution is 6.42. The monoisotopic (exact) mass is 358 g/mol. The lowest BCUT2D eigenvalue weighted by Gasteiger charge is -2.32. The number of rotatable bonds is 5. The summed E-state index contributed by atoms with van der Waals surface area (Å²) in [4.78, 5) is 25.2. The highest BCUT2D eigenvalue weighted by Crippen LogP contribution is 2.25. The van der Waals surface area contributed by atoms with Crippen LogP contribution in [0.4, 0.5) is 0 Å². The molecule has 7 heteroatoms. The molecule has 0 saturated carbocycles. The van der Waals surface area contributed by atoms with E-state index in [4.69, 9.17) is 23.2 Å². The van der Waals surface area contributed by atoms with E-state index < -0.39 is 12.0 Å². The molecular weight excluding hydrogens is 339 g/mol. The van der Waals surface area contributed by atoms with Crippen LogP contribution in [-0.4, -0.2) is 41.0 Å². The molecule has 0 radical (unpaired) electrons. The van der Waals surface area contributed by atoms with Crippen LogP contribution in [0.1, 0.15) is 37.8 Å². The van der Waals surface area contributed by atoms with Crippen LogP contribution in [0.2, 0.25) is 10.0 Å². The average molecular weight is 359 g/mol. The zero-order chi connectivity index (χ0) is 17.0. The van der Waals surface area contributed by atoms with Crippen molar-refractivity contribution in [1.82, 2.24) is 10.2 Å². The minimum atomic E-state index is -0.866. The van der Waals surface area contributed by atoms with Crippen molar-refractivity contribution in [2.45, 2.75) is 38.3 Å². The normalized spacial score (nSPS) is 20.0. The van der Waals surface area contributed by atoms with E-state index in [1.807, 2.05) is 6.92 Å². The third kappa shape index (κ3) is 4.83. The maximum atomic E-state index is 12.2. The molecule has 1 fully saturated rings. The Morgan fingerprint density at radius 1 is 1.35 bits per heavy atom. The number of carboxylic acid groups (broad SMARTS) is 1. The standard InChI is InChI=1S/C16H20Cl2N2O3/c1-10(11-5-6-12(17)13(18)8-11)19-15(21)9-20-7-3-2-4-14(20)16(22)23/h5-6,8,10,14H,2-4,7,9H2,1H3,(H,19,21)(H,22,23). The zero-order valence-corrected chi connectivity index (χ0v) is 14.4. The van der Waals surface area contributed by atoms with E-state index in [0.29, 0.717) is 23.0 Å². The van der Waals surface area contributed by atoms with Crippen LogP contribution in [0.15, 0.2) is 18.2 Å². The Kier molecular flexibility index (Phi) is 6.27. The Bertz CT molecular complexity index is 595. The van der Waals surface area contributed by atoms with Crippen LogP contribution in [0.5, 0.6) is 0 Å². The van der Waals surface area contributed by atoms with Gasteiger partial charge in [-0.15, -0.1) is 0 Å². The summed E-state index contributed by atoms with van der Waals surface area (Å²) in [6.07, 6.45) is 2.39. The van der Waals surface area contributed by atoms with E-state index in [1.165, 1.54) is 0 Å². The van der Waals surface area contributed by atoms with Crippen molar-refractivity contribution >= 4 is 35.1 Å². The molecule has 5 nitrogen and oxygen atoms in total. The van der Waals surface area contributed by atoms with Gasteiger partial charge < -0.3 is 10.4 Å². The van der Waals surface area contributed by atoms with Crippen molar-refractivity contribution in [1.29, 1.82) is 0 Å². The van der Waals surface area contributed by atoms with Gasteiger partial charge in [-0.3, -0.25) is 14.5 Å². The Hall–Kier alpha value is -1.30. The quantitative estimate of drug-likeness (QED) is 0.848. The first-order valence-corrected chi connectivity index (χ1v) is 8.35. The Labute approximate surface area is 145 Å². The average Bonchev–Trinajstić information content (AvgIpc) is 2.50. The second-order valence-corrected chi connectivity index (χ2v) is 6.60. The SMILES string of the molecule is CC(NC(=O)CN1CCCCC1C(=O)O)c1ccc(Cl)c(Cl)c1. The number of aliphatic carboxylic acids is 1. The number of carboxylic acids is 1. The first-order chi connectivity index (χ1) is 10.9.